The first-order chi connectivity index (χ1) is 9.06. The van der Waals surface area contributed by atoms with Crippen LogP contribution in [0.5, 0.6) is 0 Å². The molecule has 3 heteroatoms. The van der Waals surface area contributed by atoms with Crippen molar-refractivity contribution in [3.8, 4) is 0 Å². The molecule has 1 aromatic heterocycles. The van der Waals surface area contributed by atoms with E-state index in [-0.39, 0.29) is 6.04 Å². The zero-order valence-corrected chi connectivity index (χ0v) is 12.5. The van der Waals surface area contributed by atoms with E-state index in [4.69, 9.17) is 10.7 Å². The van der Waals surface area contributed by atoms with Crippen LogP contribution in [0.25, 0.3) is 11.0 Å². The summed E-state index contributed by atoms with van der Waals surface area (Å²) < 4.78 is 2.30. The highest BCUT2D eigenvalue weighted by Gasteiger charge is 2.16. The second-order valence-electron chi connectivity index (χ2n) is 5.67. The van der Waals surface area contributed by atoms with Gasteiger partial charge in [0.25, 0.3) is 0 Å². The molecule has 0 aliphatic rings. The van der Waals surface area contributed by atoms with E-state index in [9.17, 15) is 0 Å². The summed E-state index contributed by atoms with van der Waals surface area (Å²) >= 11 is 0. The van der Waals surface area contributed by atoms with Gasteiger partial charge >= 0.3 is 0 Å². The smallest absolute Gasteiger partial charge is 0.126 e. The molecule has 2 rings (SSSR count). The topological polar surface area (TPSA) is 43.8 Å². The third-order valence-electron chi connectivity index (χ3n) is 3.57. The van der Waals surface area contributed by atoms with E-state index in [0.29, 0.717) is 5.92 Å². The second-order valence-corrected chi connectivity index (χ2v) is 5.67. The van der Waals surface area contributed by atoms with E-state index in [0.717, 1.165) is 30.7 Å². The van der Waals surface area contributed by atoms with Gasteiger partial charge in [0.05, 0.1) is 17.1 Å². The number of imidazole rings is 1. The number of fused-ring (bicyclic) bond motifs is 1. The fraction of sp³-hybridized carbons (Fsp3) is 0.562. The SMILES string of the molecule is CCc1ccc2c(c1)nc(C(N)CC)n2CC(C)C. The molecule has 0 spiro atoms. The molecule has 0 aliphatic heterocycles. The number of hydrogen-bond acceptors (Lipinski definition) is 2. The molecule has 0 saturated heterocycles. The van der Waals surface area contributed by atoms with Gasteiger partial charge in [0.15, 0.2) is 0 Å². The van der Waals surface area contributed by atoms with E-state index in [1.165, 1.54) is 11.1 Å². The minimum absolute atomic E-state index is 0.0243. The first-order valence-electron chi connectivity index (χ1n) is 7.31. The van der Waals surface area contributed by atoms with E-state index in [1.807, 2.05) is 0 Å². The molecule has 1 atom stereocenters. The molecule has 0 aliphatic carbocycles. The number of nitrogens with zero attached hydrogens (tertiary/aromatic N) is 2. The maximum Gasteiger partial charge on any atom is 0.126 e. The van der Waals surface area contributed by atoms with Gasteiger partial charge in [-0.1, -0.05) is 33.8 Å². The van der Waals surface area contributed by atoms with Crippen molar-refractivity contribution in [3.05, 3.63) is 29.6 Å². The van der Waals surface area contributed by atoms with E-state index >= 15 is 0 Å². The molecule has 1 unspecified atom stereocenters. The van der Waals surface area contributed by atoms with Crippen molar-refractivity contribution in [2.45, 2.75) is 53.1 Å². The van der Waals surface area contributed by atoms with Gasteiger partial charge in [0.1, 0.15) is 5.82 Å². The van der Waals surface area contributed by atoms with Crippen LogP contribution in [0.3, 0.4) is 0 Å². The van der Waals surface area contributed by atoms with Gasteiger partial charge in [-0.05, 0) is 36.5 Å². The number of nitrogens with two attached hydrogens (primary N) is 1. The first-order valence-corrected chi connectivity index (χ1v) is 7.31. The first kappa shape index (κ1) is 14.1. The normalized spacial score (nSPS) is 13.4. The van der Waals surface area contributed by atoms with Gasteiger partial charge in [-0.15, -0.1) is 0 Å². The van der Waals surface area contributed by atoms with Crippen LogP contribution in [0.1, 0.15) is 51.5 Å². The molecule has 2 N–H and O–H groups in total. The summed E-state index contributed by atoms with van der Waals surface area (Å²) in [7, 11) is 0. The molecule has 2 aromatic rings. The van der Waals surface area contributed by atoms with Crippen molar-refractivity contribution in [3.63, 3.8) is 0 Å². The van der Waals surface area contributed by atoms with Crippen LogP contribution in [-0.4, -0.2) is 9.55 Å². The minimum atomic E-state index is 0.0243. The van der Waals surface area contributed by atoms with Gasteiger partial charge in [0, 0.05) is 6.54 Å². The van der Waals surface area contributed by atoms with Crippen LogP contribution in [0.4, 0.5) is 0 Å². The molecule has 1 aromatic carbocycles. The molecular weight excluding hydrogens is 234 g/mol. The Labute approximate surface area is 115 Å². The van der Waals surface area contributed by atoms with Gasteiger partial charge in [0.2, 0.25) is 0 Å². The van der Waals surface area contributed by atoms with Gasteiger partial charge < -0.3 is 10.3 Å². The molecule has 104 valence electrons. The summed E-state index contributed by atoms with van der Waals surface area (Å²) in [6.07, 6.45) is 1.96. The van der Waals surface area contributed by atoms with Crippen molar-refractivity contribution in [2.75, 3.05) is 0 Å². The summed E-state index contributed by atoms with van der Waals surface area (Å²) in [6.45, 7) is 9.72. The summed E-state index contributed by atoms with van der Waals surface area (Å²) in [5.74, 6) is 1.62. The lowest BCUT2D eigenvalue weighted by atomic mass is 10.1. The number of rotatable bonds is 5. The lowest BCUT2D eigenvalue weighted by Crippen LogP contribution is -2.17. The Balaban J connectivity index is 2.58. The Bertz CT molecular complexity index is 554. The molecule has 0 bridgehead atoms. The minimum Gasteiger partial charge on any atom is -0.326 e. The predicted octanol–water partition coefficient (Wildman–Crippen LogP) is 3.66. The highest BCUT2D eigenvalue weighted by molar-refractivity contribution is 5.77. The summed E-state index contributed by atoms with van der Waals surface area (Å²) in [4.78, 5) is 4.78. The number of aryl methyl sites for hydroxylation is 1. The molecule has 0 radical (unpaired) electrons. The summed E-state index contributed by atoms with van der Waals surface area (Å²) in [6, 6.07) is 6.60. The highest BCUT2D eigenvalue weighted by Crippen LogP contribution is 2.24. The van der Waals surface area contributed by atoms with Crippen molar-refractivity contribution in [1.29, 1.82) is 0 Å². The molecular formula is C16H25N3. The van der Waals surface area contributed by atoms with Crippen LogP contribution in [0.2, 0.25) is 0 Å². The zero-order chi connectivity index (χ0) is 14.0. The Hall–Kier alpha value is -1.35. The van der Waals surface area contributed by atoms with Gasteiger partial charge in [-0.25, -0.2) is 4.98 Å². The average Bonchev–Trinajstić information content (AvgIpc) is 2.75. The maximum absolute atomic E-state index is 6.22. The van der Waals surface area contributed by atoms with Crippen LogP contribution < -0.4 is 5.73 Å². The highest BCUT2D eigenvalue weighted by atomic mass is 15.1. The van der Waals surface area contributed by atoms with Crippen molar-refractivity contribution >= 4 is 11.0 Å². The Morgan fingerprint density at radius 3 is 2.58 bits per heavy atom. The molecule has 0 amide bonds. The maximum atomic E-state index is 6.22. The molecule has 0 saturated carbocycles. The van der Waals surface area contributed by atoms with E-state index in [1.54, 1.807) is 0 Å². The zero-order valence-electron chi connectivity index (χ0n) is 12.5. The monoisotopic (exact) mass is 259 g/mol. The fourth-order valence-corrected chi connectivity index (χ4v) is 2.44. The number of hydrogen-bond donors (Lipinski definition) is 1. The quantitative estimate of drug-likeness (QED) is 0.890. The standard InChI is InChI=1S/C16H25N3/c1-5-12-7-8-15-14(9-12)18-16(13(17)6-2)19(15)10-11(3)4/h7-9,11,13H,5-6,10,17H2,1-4H3. The number of benzene rings is 1. The third-order valence-corrected chi connectivity index (χ3v) is 3.57. The average molecular weight is 259 g/mol. The summed E-state index contributed by atoms with van der Waals surface area (Å²) in [5, 5.41) is 0. The Kier molecular flexibility index (Phi) is 4.25. The fourth-order valence-electron chi connectivity index (χ4n) is 2.44. The third kappa shape index (κ3) is 2.81. The van der Waals surface area contributed by atoms with Crippen molar-refractivity contribution in [1.82, 2.24) is 9.55 Å². The summed E-state index contributed by atoms with van der Waals surface area (Å²) in [5.41, 5.74) is 9.85. The number of aromatic nitrogens is 2. The molecule has 0 fully saturated rings. The molecule has 19 heavy (non-hydrogen) atoms. The van der Waals surface area contributed by atoms with Crippen LogP contribution in [0, 0.1) is 5.92 Å². The molecule has 1 heterocycles. The van der Waals surface area contributed by atoms with Crippen LogP contribution in [-0.2, 0) is 13.0 Å². The van der Waals surface area contributed by atoms with Gasteiger partial charge in [-0.2, -0.15) is 0 Å². The van der Waals surface area contributed by atoms with E-state index in [2.05, 4.69) is 50.5 Å². The van der Waals surface area contributed by atoms with Crippen molar-refractivity contribution < 1.29 is 0 Å². The van der Waals surface area contributed by atoms with Crippen LogP contribution in [0.15, 0.2) is 18.2 Å². The Morgan fingerprint density at radius 1 is 1.26 bits per heavy atom. The largest absolute Gasteiger partial charge is 0.326 e. The lowest BCUT2D eigenvalue weighted by Gasteiger charge is -2.15. The van der Waals surface area contributed by atoms with Crippen LogP contribution >= 0.6 is 0 Å². The predicted molar refractivity (Wildman–Crippen MR) is 81.2 cm³/mol. The van der Waals surface area contributed by atoms with Crippen molar-refractivity contribution in [2.24, 2.45) is 11.7 Å². The second kappa shape index (κ2) is 5.74. The molecule has 3 nitrogen and oxygen atoms in total. The van der Waals surface area contributed by atoms with Gasteiger partial charge in [-0.3, -0.25) is 0 Å². The lowest BCUT2D eigenvalue weighted by molar-refractivity contribution is 0.494. The Morgan fingerprint density at radius 2 is 2.00 bits per heavy atom. The van der Waals surface area contributed by atoms with E-state index < -0.39 is 0 Å².